The first-order valence-electron chi connectivity index (χ1n) is 1.68. The Labute approximate surface area is 135 Å². The second-order valence-electron chi connectivity index (χ2n) is 1.22. The molecule has 9 heteroatoms. The first-order valence-corrected chi connectivity index (χ1v) is 3.48. The van der Waals surface area contributed by atoms with Gasteiger partial charge in [-0.3, -0.25) is 9.36 Å². The van der Waals surface area contributed by atoms with Gasteiger partial charge in [-0.05, 0) is 0 Å². The molecule has 54 valence electrons. The second kappa shape index (κ2) is 10.7. The molecule has 0 fully saturated rings. The number of hydrogen-bond acceptors (Lipinski definition) is 2. The van der Waals surface area contributed by atoms with Crippen LogP contribution in [0.3, 0.4) is 0 Å². The Morgan fingerprint density at radius 1 is 1.27 bits per heavy atom. The SMILES string of the molecule is O=C(O)CP(=O)(O)O.[H-].[H-].[H-].[Na+].[Na+].[Na+]. The van der Waals surface area contributed by atoms with Crippen LogP contribution in [-0.4, -0.2) is 27.0 Å². The van der Waals surface area contributed by atoms with Gasteiger partial charge in [0.15, 0.2) is 0 Å². The molecule has 0 radical (unpaired) electrons. The molecular weight excluding hydrogens is 204 g/mol. The van der Waals surface area contributed by atoms with E-state index in [1.54, 1.807) is 0 Å². The first-order chi connectivity index (χ1) is 3.42. The monoisotopic (exact) mass is 212 g/mol. The van der Waals surface area contributed by atoms with Crippen LogP contribution < -0.4 is 88.7 Å². The van der Waals surface area contributed by atoms with Crippen LogP contribution in [0.15, 0.2) is 0 Å². The summed E-state index contributed by atoms with van der Waals surface area (Å²) in [5, 5.41) is 7.76. The van der Waals surface area contributed by atoms with Gasteiger partial charge in [0.2, 0.25) is 0 Å². The van der Waals surface area contributed by atoms with Crippen LogP contribution in [0.5, 0.6) is 0 Å². The van der Waals surface area contributed by atoms with Crippen molar-refractivity contribution in [1.29, 1.82) is 0 Å². The van der Waals surface area contributed by atoms with Crippen molar-refractivity contribution in [2.45, 2.75) is 0 Å². The fourth-order valence-electron chi connectivity index (χ4n) is 0.176. The molecule has 0 bridgehead atoms. The maximum absolute atomic E-state index is 9.76. The van der Waals surface area contributed by atoms with Gasteiger partial charge in [0.05, 0.1) is 0 Å². The molecule has 0 aromatic carbocycles. The van der Waals surface area contributed by atoms with Gasteiger partial charge in [0, 0.05) is 0 Å². The van der Waals surface area contributed by atoms with Crippen molar-refractivity contribution >= 4 is 13.6 Å². The topological polar surface area (TPSA) is 94.8 Å². The quantitative estimate of drug-likeness (QED) is 0.312. The number of carboxylic acids is 1. The van der Waals surface area contributed by atoms with Gasteiger partial charge in [-0.2, -0.15) is 0 Å². The number of carbonyl (C=O) groups is 1. The van der Waals surface area contributed by atoms with E-state index in [0.29, 0.717) is 0 Å². The van der Waals surface area contributed by atoms with Crippen molar-refractivity contribution in [2.24, 2.45) is 0 Å². The van der Waals surface area contributed by atoms with Gasteiger partial charge in [-0.1, -0.05) is 0 Å². The van der Waals surface area contributed by atoms with E-state index in [2.05, 4.69) is 0 Å². The molecule has 0 aromatic rings. The van der Waals surface area contributed by atoms with Gasteiger partial charge >= 0.3 is 102 Å². The molecule has 11 heavy (non-hydrogen) atoms. The smallest absolute Gasteiger partial charge is 1.00 e. The fourth-order valence-corrected chi connectivity index (χ4v) is 0.529. The molecule has 0 saturated heterocycles. The van der Waals surface area contributed by atoms with Gasteiger partial charge in [0.1, 0.15) is 6.16 Å². The molecule has 0 aliphatic heterocycles. The molecule has 0 aliphatic rings. The number of aliphatic carboxylic acids is 1. The first kappa shape index (κ1) is 23.4. The van der Waals surface area contributed by atoms with E-state index in [0.717, 1.165) is 0 Å². The molecule has 3 N–H and O–H groups in total. The van der Waals surface area contributed by atoms with Crippen LogP contribution in [0.4, 0.5) is 0 Å². The predicted octanol–water partition coefficient (Wildman–Crippen LogP) is -9.40. The van der Waals surface area contributed by atoms with Crippen molar-refractivity contribution < 1.29 is 117 Å². The Bertz CT molecular complexity index is 153. The number of carboxylic acid groups (broad SMARTS) is 1. The van der Waals surface area contributed by atoms with Crippen LogP contribution in [0.2, 0.25) is 0 Å². The zero-order chi connectivity index (χ0) is 6.78. The minimum Gasteiger partial charge on any atom is -1.00 e. The van der Waals surface area contributed by atoms with Crippen LogP contribution in [-0.2, 0) is 9.36 Å². The van der Waals surface area contributed by atoms with Crippen LogP contribution >= 0.6 is 7.60 Å². The third kappa shape index (κ3) is 24.5. The Morgan fingerprint density at radius 3 is 1.55 bits per heavy atom. The summed E-state index contributed by atoms with van der Waals surface area (Å²) < 4.78 is 9.76. The molecule has 0 saturated carbocycles. The Morgan fingerprint density at radius 2 is 1.55 bits per heavy atom. The van der Waals surface area contributed by atoms with Crippen molar-refractivity contribution in [3.63, 3.8) is 0 Å². The molecule has 0 aliphatic carbocycles. The molecule has 0 atom stereocenters. The van der Waals surface area contributed by atoms with E-state index in [9.17, 15) is 9.36 Å². The average molecular weight is 212 g/mol. The number of hydrogen-bond donors (Lipinski definition) is 3. The van der Waals surface area contributed by atoms with Crippen molar-refractivity contribution in [1.82, 2.24) is 0 Å². The molecular formula is C2H8Na3O5P. The number of rotatable bonds is 2. The van der Waals surface area contributed by atoms with E-state index >= 15 is 0 Å². The third-order valence-corrected chi connectivity index (χ3v) is 1.02. The summed E-state index contributed by atoms with van der Waals surface area (Å²) >= 11 is 0. The molecule has 0 spiro atoms. The van der Waals surface area contributed by atoms with Crippen LogP contribution in [0.1, 0.15) is 4.28 Å². The summed E-state index contributed by atoms with van der Waals surface area (Å²) in [6, 6.07) is 0. The molecule has 0 aromatic heterocycles. The molecule has 5 nitrogen and oxygen atoms in total. The Hall–Kier alpha value is 2.62. The van der Waals surface area contributed by atoms with Crippen molar-refractivity contribution in [3.05, 3.63) is 0 Å². The van der Waals surface area contributed by atoms with E-state index in [1.165, 1.54) is 0 Å². The van der Waals surface area contributed by atoms with Crippen molar-refractivity contribution in [2.75, 3.05) is 6.16 Å². The summed E-state index contributed by atoms with van der Waals surface area (Å²) in [4.78, 5) is 25.4. The summed E-state index contributed by atoms with van der Waals surface area (Å²) in [5.41, 5.74) is 0. The van der Waals surface area contributed by atoms with E-state index in [-0.39, 0.29) is 93.0 Å². The fraction of sp³-hybridized carbons (Fsp3) is 0.500. The summed E-state index contributed by atoms with van der Waals surface area (Å²) in [7, 11) is -4.32. The normalized spacial score (nSPS) is 8.18. The summed E-state index contributed by atoms with van der Waals surface area (Å²) in [6.07, 6.45) is -1.09. The average Bonchev–Trinajstić information content (AvgIpc) is 1.21. The van der Waals surface area contributed by atoms with Crippen molar-refractivity contribution in [3.8, 4) is 0 Å². The Kier molecular flexibility index (Phi) is 22.8. The van der Waals surface area contributed by atoms with Crippen LogP contribution in [0.25, 0.3) is 0 Å². The zero-order valence-electron chi connectivity index (χ0n) is 9.81. The minimum atomic E-state index is -4.32. The maximum Gasteiger partial charge on any atom is 1.00 e. The maximum atomic E-state index is 9.76. The molecule has 0 unspecified atom stereocenters. The molecule has 0 heterocycles. The standard InChI is InChI=1S/C2H5O5P.3Na.3H/c3-2(4)1-8(5,6)7;;;;;;/h1H2,(H,3,4)(H2,5,6,7);;;;;;/q;3*+1;3*-1. The third-order valence-electron chi connectivity index (χ3n) is 0.341. The van der Waals surface area contributed by atoms with Gasteiger partial charge in [0.25, 0.3) is 0 Å². The largest absolute Gasteiger partial charge is 1.00 e. The summed E-state index contributed by atoms with van der Waals surface area (Å²) in [6.45, 7) is 0. The predicted molar refractivity (Wildman–Crippen MR) is 27.9 cm³/mol. The van der Waals surface area contributed by atoms with Gasteiger partial charge in [-0.15, -0.1) is 0 Å². The van der Waals surface area contributed by atoms with Crippen LogP contribution in [0, 0.1) is 0 Å². The van der Waals surface area contributed by atoms with E-state index < -0.39 is 19.7 Å². The minimum absolute atomic E-state index is 0. The summed E-state index contributed by atoms with van der Waals surface area (Å²) in [5.74, 6) is -1.49. The van der Waals surface area contributed by atoms with E-state index in [1.807, 2.05) is 0 Å². The van der Waals surface area contributed by atoms with E-state index in [4.69, 9.17) is 14.9 Å². The molecule has 0 rings (SSSR count). The van der Waals surface area contributed by atoms with Gasteiger partial charge < -0.3 is 19.2 Å². The Balaban J connectivity index is -0.0000000163. The zero-order valence-corrected chi connectivity index (χ0v) is 13.7. The molecule has 0 amide bonds. The van der Waals surface area contributed by atoms with Gasteiger partial charge in [-0.25, -0.2) is 0 Å². The second-order valence-corrected chi connectivity index (χ2v) is 2.86.